The summed E-state index contributed by atoms with van der Waals surface area (Å²) in [7, 11) is -1.50. The summed E-state index contributed by atoms with van der Waals surface area (Å²) in [4.78, 5) is 0. The highest BCUT2D eigenvalue weighted by Crippen LogP contribution is 2.38. The van der Waals surface area contributed by atoms with Gasteiger partial charge in [0, 0.05) is 0 Å². The third-order valence-electron chi connectivity index (χ3n) is 0.982. The van der Waals surface area contributed by atoms with Gasteiger partial charge in [-0.15, -0.1) is 0 Å². The van der Waals surface area contributed by atoms with Gasteiger partial charge >= 0.3 is 0 Å². The van der Waals surface area contributed by atoms with Crippen LogP contribution in [0.1, 0.15) is 6.92 Å². The number of epoxide rings is 1. The minimum atomic E-state index is -1.50. The van der Waals surface area contributed by atoms with E-state index in [2.05, 4.69) is 0 Å². The van der Waals surface area contributed by atoms with Crippen LogP contribution in [0, 0.1) is 0 Å². The molecule has 2 nitrogen and oxygen atoms in total. The predicted molar refractivity (Wildman–Crippen MR) is 33.6 cm³/mol. The van der Waals surface area contributed by atoms with Gasteiger partial charge in [-0.25, -0.2) is 0 Å². The molecule has 0 aromatic rings. The molecule has 1 aliphatic heterocycles. The maximum Gasteiger partial charge on any atom is 0.134 e. The van der Waals surface area contributed by atoms with Crippen molar-refractivity contribution in [2.24, 2.45) is 0 Å². The fourth-order valence-electron chi connectivity index (χ4n) is 0.484. The molecule has 0 radical (unpaired) electrons. The van der Waals surface area contributed by atoms with Gasteiger partial charge in [0.25, 0.3) is 0 Å². The Morgan fingerprint density at radius 2 is 2.50 bits per heavy atom. The molecular weight excluding hydrogens is 123 g/mol. The van der Waals surface area contributed by atoms with Gasteiger partial charge in [-0.05, 0) is 12.7 Å². The average molecular weight is 132 g/mol. The Balaban J connectivity index is 2.33. The van der Waals surface area contributed by atoms with Crippen LogP contribution in [0.15, 0.2) is 11.9 Å². The van der Waals surface area contributed by atoms with Crippen LogP contribution in [0.5, 0.6) is 0 Å². The summed E-state index contributed by atoms with van der Waals surface area (Å²) in [5.41, 5.74) is 0. The molecule has 0 aromatic carbocycles. The second kappa shape index (κ2) is 2.47. The number of rotatable bonds is 2. The van der Waals surface area contributed by atoms with Crippen molar-refractivity contribution < 1.29 is 9.30 Å². The molecule has 2 atom stereocenters. The van der Waals surface area contributed by atoms with Gasteiger partial charge < -0.3 is 9.30 Å². The summed E-state index contributed by atoms with van der Waals surface area (Å²) < 4.78 is 15.6. The Hall–Kier alpha value is -0.0700. The first-order valence-electron chi connectivity index (χ1n) is 2.62. The highest BCUT2D eigenvalue weighted by atomic mass is 31.1. The van der Waals surface area contributed by atoms with E-state index < -0.39 is 7.80 Å². The van der Waals surface area contributed by atoms with Gasteiger partial charge in [-0.2, -0.15) is 0 Å². The van der Waals surface area contributed by atoms with Crippen LogP contribution in [0.2, 0.25) is 0 Å². The summed E-state index contributed by atoms with van der Waals surface area (Å²) >= 11 is 0. The third-order valence-corrected chi connectivity index (χ3v) is 2.61. The molecule has 0 saturated carbocycles. The lowest BCUT2D eigenvalue weighted by atomic mass is 10.8. The fourth-order valence-corrected chi connectivity index (χ4v) is 1.45. The number of ether oxygens (including phenoxy) is 1. The topological polar surface area (TPSA) is 29.6 Å². The zero-order chi connectivity index (χ0) is 5.98. The Morgan fingerprint density at radius 3 is 2.88 bits per heavy atom. The molecule has 1 fully saturated rings. The minimum Gasteiger partial charge on any atom is -0.365 e. The van der Waals surface area contributed by atoms with E-state index in [1.54, 1.807) is 5.82 Å². The lowest BCUT2D eigenvalue weighted by molar-refractivity contribution is 0.450. The Kier molecular flexibility index (Phi) is 1.87. The van der Waals surface area contributed by atoms with Gasteiger partial charge in [0.2, 0.25) is 0 Å². The van der Waals surface area contributed by atoms with Crippen LogP contribution in [-0.4, -0.2) is 12.5 Å². The highest BCUT2D eigenvalue weighted by Gasteiger charge is 2.26. The molecule has 0 bridgehead atoms. The summed E-state index contributed by atoms with van der Waals surface area (Å²) in [6.07, 6.45) is 1.81. The molecule has 0 amide bonds. The number of hydrogen-bond donors (Lipinski definition) is 0. The zero-order valence-corrected chi connectivity index (χ0v) is 5.76. The van der Waals surface area contributed by atoms with E-state index in [9.17, 15) is 4.57 Å². The Bertz CT molecular complexity index is 126. The van der Waals surface area contributed by atoms with Crippen molar-refractivity contribution in [3.8, 4) is 0 Å². The molecule has 1 saturated heterocycles. The first-order chi connectivity index (χ1) is 3.84. The van der Waals surface area contributed by atoms with E-state index in [-0.39, 0.29) is 5.85 Å². The second-order valence-electron chi connectivity index (χ2n) is 1.72. The van der Waals surface area contributed by atoms with E-state index in [0.29, 0.717) is 6.61 Å². The average Bonchev–Trinajstić information content (AvgIpc) is 2.45. The molecule has 1 heterocycles. The Morgan fingerprint density at radius 1 is 1.88 bits per heavy atom. The molecule has 2 unspecified atom stereocenters. The normalized spacial score (nSPS) is 30.9. The van der Waals surface area contributed by atoms with Crippen LogP contribution in [0.3, 0.4) is 0 Å². The smallest absolute Gasteiger partial charge is 0.134 e. The van der Waals surface area contributed by atoms with Crippen LogP contribution in [0.4, 0.5) is 0 Å². The van der Waals surface area contributed by atoms with E-state index in [0.717, 1.165) is 0 Å². The van der Waals surface area contributed by atoms with Crippen molar-refractivity contribution in [2.45, 2.75) is 12.8 Å². The largest absolute Gasteiger partial charge is 0.365 e. The molecule has 0 N–H and O–H groups in total. The molecule has 1 aliphatic rings. The summed E-state index contributed by atoms with van der Waals surface area (Å²) in [6, 6.07) is 0. The number of hydrogen-bond acceptors (Lipinski definition) is 2. The number of allylic oxidation sites excluding steroid dienone is 1. The lowest BCUT2D eigenvalue weighted by Crippen LogP contribution is -1.66. The summed E-state index contributed by atoms with van der Waals surface area (Å²) in [5, 5.41) is 0. The van der Waals surface area contributed by atoms with E-state index in [4.69, 9.17) is 4.74 Å². The molecule has 3 heteroatoms. The van der Waals surface area contributed by atoms with E-state index in [1.165, 1.54) is 0 Å². The standard InChI is InChI=1S/C5H9O2P/c1-2-3-8(6)5-4-7-5/h2-3,5,8H,4H2,1H3/b3-2+. The van der Waals surface area contributed by atoms with E-state index >= 15 is 0 Å². The van der Waals surface area contributed by atoms with Crippen LogP contribution in [-0.2, 0) is 9.30 Å². The van der Waals surface area contributed by atoms with Crippen molar-refractivity contribution in [3.05, 3.63) is 11.9 Å². The van der Waals surface area contributed by atoms with Crippen molar-refractivity contribution in [3.63, 3.8) is 0 Å². The zero-order valence-electron chi connectivity index (χ0n) is 4.76. The van der Waals surface area contributed by atoms with Gasteiger partial charge in [0.15, 0.2) is 0 Å². The van der Waals surface area contributed by atoms with Crippen molar-refractivity contribution >= 4 is 7.80 Å². The van der Waals surface area contributed by atoms with Crippen molar-refractivity contribution in [1.82, 2.24) is 0 Å². The molecule has 0 spiro atoms. The monoisotopic (exact) mass is 132 g/mol. The second-order valence-corrected chi connectivity index (χ2v) is 3.51. The van der Waals surface area contributed by atoms with Gasteiger partial charge in [-0.1, -0.05) is 6.08 Å². The highest BCUT2D eigenvalue weighted by molar-refractivity contribution is 7.49. The fraction of sp³-hybridized carbons (Fsp3) is 0.600. The summed E-state index contributed by atoms with van der Waals surface area (Å²) in [6.45, 7) is 2.56. The Labute approximate surface area is 49.3 Å². The maximum absolute atomic E-state index is 10.8. The van der Waals surface area contributed by atoms with E-state index in [1.807, 2.05) is 13.0 Å². The molecule has 8 heavy (non-hydrogen) atoms. The first-order valence-corrected chi connectivity index (χ1v) is 4.19. The maximum atomic E-state index is 10.8. The molecule has 0 aromatic heterocycles. The molecule has 1 rings (SSSR count). The molecule has 46 valence electrons. The SMILES string of the molecule is C/C=C/[PH](=O)C1CO1. The predicted octanol–water partition coefficient (Wildman–Crippen LogP) is 1.44. The van der Waals surface area contributed by atoms with Crippen LogP contribution < -0.4 is 0 Å². The molecular formula is C5H9O2P. The summed E-state index contributed by atoms with van der Waals surface area (Å²) in [5.74, 6) is 1.80. The van der Waals surface area contributed by atoms with Crippen molar-refractivity contribution in [2.75, 3.05) is 6.61 Å². The quantitative estimate of drug-likeness (QED) is 0.420. The van der Waals surface area contributed by atoms with Gasteiger partial charge in [-0.3, -0.25) is 0 Å². The first kappa shape index (κ1) is 6.06. The van der Waals surface area contributed by atoms with Crippen molar-refractivity contribution in [1.29, 1.82) is 0 Å². The van der Waals surface area contributed by atoms with Crippen LogP contribution >= 0.6 is 7.80 Å². The minimum absolute atomic E-state index is 0.0798. The third kappa shape index (κ3) is 1.46. The lowest BCUT2D eigenvalue weighted by Gasteiger charge is -1.81. The van der Waals surface area contributed by atoms with Gasteiger partial charge in [0.05, 0.1) is 6.61 Å². The van der Waals surface area contributed by atoms with Gasteiger partial charge in [0.1, 0.15) is 13.6 Å². The van der Waals surface area contributed by atoms with Crippen LogP contribution in [0.25, 0.3) is 0 Å². The molecule has 0 aliphatic carbocycles.